The standard InChI is InChI=1S/C16H14O2/c1-11-7-6-10-14(15(11)12(2)17)16(18)13-8-4-3-5-9-13/h3-10H,1-2H3. The van der Waals surface area contributed by atoms with Crippen LogP contribution in [0.3, 0.4) is 0 Å². The van der Waals surface area contributed by atoms with Gasteiger partial charge in [0, 0.05) is 16.7 Å². The Hall–Kier alpha value is -2.22. The van der Waals surface area contributed by atoms with E-state index >= 15 is 0 Å². The molecule has 0 amide bonds. The SMILES string of the molecule is CC(=O)c1c(C)cccc1C(=O)c1ccccc1. The number of aryl methyl sites for hydroxylation is 1. The summed E-state index contributed by atoms with van der Waals surface area (Å²) < 4.78 is 0. The Bertz CT molecular complexity index is 598. The molecule has 90 valence electrons. The second-order valence-corrected chi connectivity index (χ2v) is 4.25. The minimum Gasteiger partial charge on any atom is -0.294 e. The van der Waals surface area contributed by atoms with Crippen molar-refractivity contribution in [1.29, 1.82) is 0 Å². The smallest absolute Gasteiger partial charge is 0.193 e. The lowest BCUT2D eigenvalue weighted by molar-refractivity contribution is 0.0989. The van der Waals surface area contributed by atoms with Crippen LogP contribution in [-0.4, -0.2) is 11.6 Å². The van der Waals surface area contributed by atoms with Gasteiger partial charge in [0.15, 0.2) is 11.6 Å². The van der Waals surface area contributed by atoms with Crippen molar-refractivity contribution >= 4 is 11.6 Å². The lowest BCUT2D eigenvalue weighted by atomic mass is 9.93. The van der Waals surface area contributed by atoms with Crippen LogP contribution in [0, 0.1) is 6.92 Å². The molecule has 0 aliphatic heterocycles. The van der Waals surface area contributed by atoms with Crippen molar-refractivity contribution < 1.29 is 9.59 Å². The molecule has 0 saturated heterocycles. The van der Waals surface area contributed by atoms with E-state index in [1.807, 2.05) is 31.2 Å². The summed E-state index contributed by atoms with van der Waals surface area (Å²) in [5.41, 5.74) is 2.44. The second-order valence-electron chi connectivity index (χ2n) is 4.25. The van der Waals surface area contributed by atoms with Crippen LogP contribution in [0.15, 0.2) is 48.5 Å². The van der Waals surface area contributed by atoms with Gasteiger partial charge in [0.05, 0.1) is 0 Å². The van der Waals surface area contributed by atoms with Crippen molar-refractivity contribution in [1.82, 2.24) is 0 Å². The highest BCUT2D eigenvalue weighted by atomic mass is 16.1. The fourth-order valence-electron chi connectivity index (χ4n) is 2.07. The number of Topliss-reactive ketones (excluding diaryl/α,β-unsaturated/α-hetero) is 1. The third kappa shape index (κ3) is 2.23. The molecular weight excluding hydrogens is 224 g/mol. The zero-order chi connectivity index (χ0) is 13.1. The molecule has 2 aromatic rings. The molecule has 0 aliphatic carbocycles. The molecule has 2 aromatic carbocycles. The predicted molar refractivity (Wildman–Crippen MR) is 71.1 cm³/mol. The number of ketones is 2. The zero-order valence-corrected chi connectivity index (χ0v) is 10.4. The molecule has 0 bridgehead atoms. The molecular formula is C16H14O2. The summed E-state index contributed by atoms with van der Waals surface area (Å²) in [5.74, 6) is -0.183. The molecule has 0 aromatic heterocycles. The molecule has 0 atom stereocenters. The van der Waals surface area contributed by atoms with Gasteiger partial charge in [-0.2, -0.15) is 0 Å². The average molecular weight is 238 g/mol. The van der Waals surface area contributed by atoms with Crippen LogP contribution in [-0.2, 0) is 0 Å². The van der Waals surface area contributed by atoms with Gasteiger partial charge in [0.1, 0.15) is 0 Å². The quantitative estimate of drug-likeness (QED) is 0.768. The maximum atomic E-state index is 12.4. The summed E-state index contributed by atoms with van der Waals surface area (Å²) in [4.78, 5) is 24.0. The van der Waals surface area contributed by atoms with Crippen molar-refractivity contribution in [2.45, 2.75) is 13.8 Å². The van der Waals surface area contributed by atoms with Crippen LogP contribution in [0.5, 0.6) is 0 Å². The topological polar surface area (TPSA) is 34.1 Å². The normalized spacial score (nSPS) is 10.1. The van der Waals surface area contributed by atoms with E-state index in [9.17, 15) is 9.59 Å². The summed E-state index contributed by atoms with van der Waals surface area (Å²) in [7, 11) is 0. The van der Waals surface area contributed by atoms with E-state index in [2.05, 4.69) is 0 Å². The Morgan fingerprint density at radius 1 is 0.889 bits per heavy atom. The molecule has 0 saturated carbocycles. The van der Waals surface area contributed by atoms with Crippen LogP contribution >= 0.6 is 0 Å². The molecule has 0 unspecified atom stereocenters. The molecule has 18 heavy (non-hydrogen) atoms. The van der Waals surface area contributed by atoms with Crippen molar-refractivity contribution in [3.05, 3.63) is 70.8 Å². The molecule has 0 spiro atoms. The average Bonchev–Trinajstić information content (AvgIpc) is 2.38. The van der Waals surface area contributed by atoms with Crippen LogP contribution in [0.1, 0.15) is 38.8 Å². The summed E-state index contributed by atoms with van der Waals surface area (Å²) in [5, 5.41) is 0. The van der Waals surface area contributed by atoms with Crippen molar-refractivity contribution in [2.24, 2.45) is 0 Å². The van der Waals surface area contributed by atoms with Gasteiger partial charge in [-0.15, -0.1) is 0 Å². The first-order valence-corrected chi connectivity index (χ1v) is 5.81. The van der Waals surface area contributed by atoms with Crippen LogP contribution < -0.4 is 0 Å². The van der Waals surface area contributed by atoms with Gasteiger partial charge >= 0.3 is 0 Å². The number of hydrogen-bond acceptors (Lipinski definition) is 2. The highest BCUT2D eigenvalue weighted by Gasteiger charge is 2.17. The van der Waals surface area contributed by atoms with Crippen molar-refractivity contribution in [3.63, 3.8) is 0 Å². The molecule has 2 rings (SSSR count). The first-order valence-electron chi connectivity index (χ1n) is 5.81. The fraction of sp³-hybridized carbons (Fsp3) is 0.125. The predicted octanol–water partition coefficient (Wildman–Crippen LogP) is 3.43. The van der Waals surface area contributed by atoms with Gasteiger partial charge in [-0.25, -0.2) is 0 Å². The van der Waals surface area contributed by atoms with Crippen LogP contribution in [0.25, 0.3) is 0 Å². The monoisotopic (exact) mass is 238 g/mol. The summed E-state index contributed by atoms with van der Waals surface area (Å²) >= 11 is 0. The van der Waals surface area contributed by atoms with E-state index < -0.39 is 0 Å². The van der Waals surface area contributed by atoms with E-state index in [1.165, 1.54) is 6.92 Å². The molecule has 2 heteroatoms. The van der Waals surface area contributed by atoms with E-state index in [4.69, 9.17) is 0 Å². The molecule has 0 fully saturated rings. The van der Waals surface area contributed by atoms with Gasteiger partial charge in [0.2, 0.25) is 0 Å². The van der Waals surface area contributed by atoms with E-state index in [0.717, 1.165) is 5.56 Å². The first kappa shape index (κ1) is 12.2. The lowest BCUT2D eigenvalue weighted by Crippen LogP contribution is -2.09. The summed E-state index contributed by atoms with van der Waals surface area (Å²) in [6, 6.07) is 14.4. The molecule has 0 N–H and O–H groups in total. The van der Waals surface area contributed by atoms with Gasteiger partial charge in [-0.3, -0.25) is 9.59 Å². The van der Waals surface area contributed by atoms with E-state index in [-0.39, 0.29) is 11.6 Å². The first-order chi connectivity index (χ1) is 8.61. The fourth-order valence-corrected chi connectivity index (χ4v) is 2.07. The Balaban J connectivity index is 2.56. The Labute approximate surface area is 106 Å². The zero-order valence-electron chi connectivity index (χ0n) is 10.4. The van der Waals surface area contributed by atoms with Gasteiger partial charge < -0.3 is 0 Å². The Morgan fingerprint density at radius 3 is 2.17 bits per heavy atom. The van der Waals surface area contributed by atoms with Crippen molar-refractivity contribution in [3.8, 4) is 0 Å². The van der Waals surface area contributed by atoms with E-state index in [0.29, 0.717) is 16.7 Å². The minimum absolute atomic E-state index is 0.0765. The maximum Gasteiger partial charge on any atom is 0.193 e. The number of rotatable bonds is 3. The van der Waals surface area contributed by atoms with Crippen LogP contribution in [0.2, 0.25) is 0 Å². The third-order valence-corrected chi connectivity index (χ3v) is 2.91. The molecule has 0 aliphatic rings. The molecule has 0 heterocycles. The maximum absolute atomic E-state index is 12.4. The highest BCUT2D eigenvalue weighted by Crippen LogP contribution is 2.18. The highest BCUT2D eigenvalue weighted by molar-refractivity contribution is 6.15. The summed E-state index contributed by atoms with van der Waals surface area (Å²) in [6.07, 6.45) is 0. The molecule has 0 radical (unpaired) electrons. The summed E-state index contributed by atoms with van der Waals surface area (Å²) in [6.45, 7) is 3.34. The largest absolute Gasteiger partial charge is 0.294 e. The molecule has 2 nitrogen and oxygen atoms in total. The second kappa shape index (κ2) is 4.96. The van der Waals surface area contributed by atoms with Gasteiger partial charge in [-0.1, -0.05) is 48.5 Å². The van der Waals surface area contributed by atoms with Gasteiger partial charge in [0.25, 0.3) is 0 Å². The Morgan fingerprint density at radius 2 is 1.56 bits per heavy atom. The van der Waals surface area contributed by atoms with Crippen LogP contribution in [0.4, 0.5) is 0 Å². The van der Waals surface area contributed by atoms with Gasteiger partial charge in [-0.05, 0) is 19.4 Å². The number of hydrogen-bond donors (Lipinski definition) is 0. The third-order valence-electron chi connectivity index (χ3n) is 2.91. The van der Waals surface area contributed by atoms with E-state index in [1.54, 1.807) is 24.3 Å². The number of carbonyl (C=O) groups excluding carboxylic acids is 2. The Kier molecular flexibility index (Phi) is 3.38. The van der Waals surface area contributed by atoms with Crippen molar-refractivity contribution in [2.75, 3.05) is 0 Å². The number of carbonyl (C=O) groups is 2. The lowest BCUT2D eigenvalue weighted by Gasteiger charge is -2.09. The number of benzene rings is 2. The minimum atomic E-state index is -0.107.